The quantitative estimate of drug-likeness (QED) is 0.798. The highest BCUT2D eigenvalue weighted by Gasteiger charge is 2.42. The second kappa shape index (κ2) is 7.63. The second-order valence-electron chi connectivity index (χ2n) is 6.14. The maximum atomic E-state index is 13.6. The zero-order valence-electron chi connectivity index (χ0n) is 15.0. The first kappa shape index (κ1) is 19.3. The van der Waals surface area contributed by atoms with Crippen LogP contribution in [0.25, 0.3) is 0 Å². The molecule has 9 heteroatoms. The number of anilines is 1. The van der Waals surface area contributed by atoms with E-state index in [4.69, 9.17) is 15.2 Å². The van der Waals surface area contributed by atoms with Crippen molar-refractivity contribution in [3.8, 4) is 0 Å². The molecule has 1 aliphatic rings. The molecule has 2 heterocycles. The number of hydrogen-bond acceptors (Lipinski definition) is 6. The number of amides is 1. The van der Waals surface area contributed by atoms with Gasteiger partial charge in [-0.15, -0.1) is 0 Å². The number of nitrogens with zero attached hydrogens (tertiary/aromatic N) is 2. The lowest BCUT2D eigenvalue weighted by molar-refractivity contribution is -0.0941. The fourth-order valence-electron chi connectivity index (χ4n) is 3.16. The normalized spacial score (nSPS) is 19.8. The summed E-state index contributed by atoms with van der Waals surface area (Å²) in [6.45, 7) is 2.11. The molecule has 0 saturated carbocycles. The number of benzene rings is 1. The molecule has 1 aromatic carbocycles. The van der Waals surface area contributed by atoms with E-state index in [0.717, 1.165) is 0 Å². The Morgan fingerprint density at radius 2 is 2.04 bits per heavy atom. The van der Waals surface area contributed by atoms with Crippen molar-refractivity contribution in [2.45, 2.75) is 30.6 Å². The zero-order chi connectivity index (χ0) is 19.6. The van der Waals surface area contributed by atoms with Gasteiger partial charge in [0.2, 0.25) is 5.91 Å². The Hall–Kier alpha value is -2.49. The zero-order valence-corrected chi connectivity index (χ0v) is 15.8. The van der Waals surface area contributed by atoms with Crippen LogP contribution in [0.3, 0.4) is 0 Å². The first-order chi connectivity index (χ1) is 12.9. The molecular weight excluding hydrogens is 370 g/mol. The monoisotopic (exact) mass is 391 g/mol. The molecule has 144 valence electrons. The van der Waals surface area contributed by atoms with Crippen molar-refractivity contribution in [2.24, 2.45) is 5.73 Å². The van der Waals surface area contributed by atoms with E-state index < -0.39 is 28.3 Å². The highest BCUT2D eigenvalue weighted by molar-refractivity contribution is 7.93. The van der Waals surface area contributed by atoms with Crippen molar-refractivity contribution in [3.63, 3.8) is 0 Å². The van der Waals surface area contributed by atoms with Crippen LogP contribution in [0.2, 0.25) is 0 Å². The Morgan fingerprint density at radius 1 is 1.30 bits per heavy atom. The van der Waals surface area contributed by atoms with Crippen molar-refractivity contribution in [1.29, 1.82) is 0 Å². The number of methoxy groups -OCH3 is 1. The minimum absolute atomic E-state index is 0.0797. The molecule has 1 saturated heterocycles. The predicted octanol–water partition coefficient (Wildman–Crippen LogP) is 1.45. The number of pyridine rings is 1. The van der Waals surface area contributed by atoms with E-state index >= 15 is 0 Å². The van der Waals surface area contributed by atoms with Gasteiger partial charge in [-0.05, 0) is 37.1 Å². The molecule has 0 unspecified atom stereocenters. The summed E-state index contributed by atoms with van der Waals surface area (Å²) >= 11 is 0. The van der Waals surface area contributed by atoms with Crippen LogP contribution < -0.4 is 10.0 Å². The smallest absolute Gasteiger partial charge is 0.266 e. The van der Waals surface area contributed by atoms with Crippen LogP contribution in [0.4, 0.5) is 5.82 Å². The molecule has 0 spiro atoms. The van der Waals surface area contributed by atoms with Crippen LogP contribution in [0.15, 0.2) is 47.5 Å². The van der Waals surface area contributed by atoms with Gasteiger partial charge in [0.05, 0.1) is 12.2 Å². The summed E-state index contributed by atoms with van der Waals surface area (Å²) in [7, 11) is -2.71. The Morgan fingerprint density at radius 3 is 2.70 bits per heavy atom. The van der Waals surface area contributed by atoms with Gasteiger partial charge in [-0.25, -0.2) is 17.7 Å². The van der Waals surface area contributed by atoms with Crippen molar-refractivity contribution < 1.29 is 22.7 Å². The van der Waals surface area contributed by atoms with Gasteiger partial charge >= 0.3 is 0 Å². The highest BCUT2D eigenvalue weighted by atomic mass is 32.2. The molecule has 27 heavy (non-hydrogen) atoms. The molecular formula is C18H21N3O5S. The predicted molar refractivity (Wildman–Crippen MR) is 98.8 cm³/mol. The summed E-state index contributed by atoms with van der Waals surface area (Å²) in [5, 5.41) is 0. The minimum atomic E-state index is -4.17. The molecule has 2 N–H and O–H groups in total. The minimum Gasteiger partial charge on any atom is -0.366 e. The maximum absolute atomic E-state index is 13.6. The third kappa shape index (κ3) is 3.53. The Balaban J connectivity index is 2.22. The first-order valence-electron chi connectivity index (χ1n) is 8.37. The largest absolute Gasteiger partial charge is 0.366 e. The Bertz CT molecular complexity index is 948. The average molecular weight is 391 g/mol. The van der Waals surface area contributed by atoms with Gasteiger partial charge in [0.25, 0.3) is 10.0 Å². The summed E-state index contributed by atoms with van der Waals surface area (Å²) in [4.78, 5) is 15.9. The van der Waals surface area contributed by atoms with Gasteiger partial charge < -0.3 is 15.2 Å². The summed E-state index contributed by atoms with van der Waals surface area (Å²) in [6.07, 6.45) is 1.19. The number of aromatic nitrogens is 1. The lowest BCUT2D eigenvalue weighted by atomic mass is 10.2. The van der Waals surface area contributed by atoms with Gasteiger partial charge in [-0.2, -0.15) is 0 Å². The van der Waals surface area contributed by atoms with Crippen LogP contribution in [0, 0.1) is 6.92 Å². The summed E-state index contributed by atoms with van der Waals surface area (Å²) in [5.41, 5.74) is 5.99. The van der Waals surface area contributed by atoms with E-state index in [-0.39, 0.29) is 16.3 Å². The number of primary amides is 1. The number of rotatable bonds is 6. The summed E-state index contributed by atoms with van der Waals surface area (Å²) < 4.78 is 39.3. The maximum Gasteiger partial charge on any atom is 0.266 e. The molecule has 1 amide bonds. The molecule has 1 aliphatic heterocycles. The Labute approximate surface area is 158 Å². The number of hydrogen-bond donors (Lipinski definition) is 1. The first-order valence-corrected chi connectivity index (χ1v) is 9.81. The number of carbonyl (C=O) groups excluding carboxylic acids is 1. The number of nitrogens with two attached hydrogens (primary N) is 1. The van der Waals surface area contributed by atoms with Gasteiger partial charge in [-0.1, -0.05) is 18.2 Å². The SMILES string of the molecule is CO[C@H]1OCC[C@@H]1N(c1ncccc1C)S(=O)(=O)c1ccccc1C(N)=O. The van der Waals surface area contributed by atoms with Crippen LogP contribution in [0.5, 0.6) is 0 Å². The second-order valence-corrected chi connectivity index (χ2v) is 7.92. The van der Waals surface area contributed by atoms with Crippen molar-refractivity contribution in [3.05, 3.63) is 53.7 Å². The molecule has 1 fully saturated rings. The molecule has 0 radical (unpaired) electrons. The third-order valence-electron chi connectivity index (χ3n) is 4.42. The lowest BCUT2D eigenvalue weighted by Crippen LogP contribution is -2.46. The fourth-order valence-corrected chi connectivity index (χ4v) is 5.05. The van der Waals surface area contributed by atoms with Gasteiger partial charge in [0, 0.05) is 13.3 Å². The highest BCUT2D eigenvalue weighted by Crippen LogP contribution is 2.33. The van der Waals surface area contributed by atoms with Crippen LogP contribution in [-0.4, -0.2) is 45.4 Å². The van der Waals surface area contributed by atoms with Crippen LogP contribution in [-0.2, 0) is 19.5 Å². The molecule has 3 rings (SSSR count). The molecule has 2 aromatic rings. The summed E-state index contributed by atoms with van der Waals surface area (Å²) in [6, 6.07) is 8.71. The van der Waals surface area contributed by atoms with E-state index in [0.29, 0.717) is 18.6 Å². The number of carbonyl (C=O) groups is 1. The number of ether oxygens (including phenoxy) is 2. The van der Waals surface area contributed by atoms with Crippen LogP contribution >= 0.6 is 0 Å². The number of aryl methyl sites for hydroxylation is 1. The van der Waals surface area contributed by atoms with Gasteiger partial charge in [0.1, 0.15) is 16.8 Å². The van der Waals surface area contributed by atoms with E-state index in [1.165, 1.54) is 29.7 Å². The molecule has 8 nitrogen and oxygen atoms in total. The fraction of sp³-hybridized carbons (Fsp3) is 0.333. The molecule has 1 aromatic heterocycles. The average Bonchev–Trinajstić information content (AvgIpc) is 3.11. The molecule has 0 bridgehead atoms. The number of sulfonamides is 1. The van der Waals surface area contributed by atoms with Gasteiger partial charge in [0.15, 0.2) is 6.29 Å². The van der Waals surface area contributed by atoms with E-state index in [2.05, 4.69) is 4.98 Å². The van der Waals surface area contributed by atoms with Crippen molar-refractivity contribution >= 4 is 21.7 Å². The summed E-state index contributed by atoms with van der Waals surface area (Å²) in [5.74, 6) is -0.563. The van der Waals surface area contributed by atoms with E-state index in [1.54, 1.807) is 31.2 Å². The molecule has 0 aliphatic carbocycles. The standard InChI is InChI=1S/C18H21N3O5S/c1-12-6-5-10-20-17(12)21(14-9-11-26-18(14)25-2)27(23,24)15-8-4-3-7-13(15)16(19)22/h3-8,10,14,18H,9,11H2,1-2H3,(H2,19,22)/t14-,18-/m0/s1. The van der Waals surface area contributed by atoms with Crippen LogP contribution in [0.1, 0.15) is 22.3 Å². The van der Waals surface area contributed by atoms with Crippen molar-refractivity contribution in [1.82, 2.24) is 4.98 Å². The molecule has 2 atom stereocenters. The topological polar surface area (TPSA) is 112 Å². The third-order valence-corrected chi connectivity index (χ3v) is 6.30. The van der Waals surface area contributed by atoms with Gasteiger partial charge in [-0.3, -0.25) is 4.79 Å². The lowest BCUT2D eigenvalue weighted by Gasteiger charge is -2.32. The van der Waals surface area contributed by atoms with E-state index in [9.17, 15) is 13.2 Å². The van der Waals surface area contributed by atoms with E-state index in [1.807, 2.05) is 0 Å². The van der Waals surface area contributed by atoms with Crippen molar-refractivity contribution in [2.75, 3.05) is 18.0 Å². The Kier molecular flexibility index (Phi) is 5.45.